The molecule has 0 saturated carbocycles. The number of fused-ring (bicyclic) bond motifs is 2. The molecule has 2 aliphatic rings. The summed E-state index contributed by atoms with van der Waals surface area (Å²) in [6.07, 6.45) is 6.08. The van der Waals surface area contributed by atoms with Crippen LogP contribution in [-0.2, 0) is 6.42 Å². The molecule has 4 rings (SSSR count). The average Bonchev–Trinajstić information content (AvgIpc) is 2.98. The van der Waals surface area contributed by atoms with Gasteiger partial charge in [-0.15, -0.1) is 0 Å². The molecule has 2 aliphatic heterocycles. The van der Waals surface area contributed by atoms with E-state index in [2.05, 4.69) is 18.0 Å². The van der Waals surface area contributed by atoms with Crippen LogP contribution in [0.15, 0.2) is 48.2 Å². The lowest BCUT2D eigenvalue weighted by Crippen LogP contribution is -2.41. The SMILES string of the molecule is COc1ccc(CCN(C(=O)c2cc(Cl)cc(Cl)c2)C2=C[C@H]3CC[C@H](C2)N3C)cc1OC. The molecule has 2 aromatic carbocycles. The molecule has 5 nitrogen and oxygen atoms in total. The molecule has 1 saturated heterocycles. The number of nitrogens with zero attached hydrogens (tertiary/aromatic N) is 2. The van der Waals surface area contributed by atoms with E-state index in [0.717, 1.165) is 30.5 Å². The summed E-state index contributed by atoms with van der Waals surface area (Å²) in [5, 5.41) is 0.913. The number of carbonyl (C=O) groups is 1. The van der Waals surface area contributed by atoms with Gasteiger partial charge in [-0.1, -0.05) is 29.3 Å². The molecule has 0 aliphatic carbocycles. The molecular formula is C25H28Cl2N2O3. The molecular weight excluding hydrogens is 447 g/mol. The normalized spacial score (nSPS) is 20.1. The minimum Gasteiger partial charge on any atom is -0.493 e. The number of benzene rings is 2. The highest BCUT2D eigenvalue weighted by Crippen LogP contribution is 2.36. The van der Waals surface area contributed by atoms with Crippen LogP contribution < -0.4 is 9.47 Å². The van der Waals surface area contributed by atoms with Crippen LogP contribution in [0.4, 0.5) is 0 Å². The first-order chi connectivity index (χ1) is 15.4. The smallest absolute Gasteiger partial charge is 0.258 e. The standard InChI is InChI=1S/C25H28Cl2N2O3/c1-28-20-5-6-21(28)15-22(14-20)29(25(30)17-11-18(26)13-19(27)12-17)9-8-16-4-7-23(31-2)24(10-16)32-3/h4,7,10-14,20-21H,5-6,8-9,15H2,1-3H3/t20-,21-/m1/s1. The topological polar surface area (TPSA) is 42.0 Å². The molecule has 0 N–H and O–H groups in total. The second-order valence-electron chi connectivity index (χ2n) is 8.38. The number of ether oxygens (including phenoxy) is 2. The minimum absolute atomic E-state index is 0.0786. The average molecular weight is 475 g/mol. The minimum atomic E-state index is -0.0786. The highest BCUT2D eigenvalue weighted by molar-refractivity contribution is 6.35. The molecule has 0 spiro atoms. The summed E-state index contributed by atoms with van der Waals surface area (Å²) in [5.74, 6) is 1.29. The molecule has 0 radical (unpaired) electrons. The molecule has 1 fully saturated rings. The van der Waals surface area contributed by atoms with Gasteiger partial charge in [-0.25, -0.2) is 0 Å². The van der Waals surface area contributed by atoms with Gasteiger partial charge in [0.15, 0.2) is 11.5 Å². The lowest BCUT2D eigenvalue weighted by atomic mass is 10.0. The number of methoxy groups -OCH3 is 2. The van der Waals surface area contributed by atoms with Crippen molar-refractivity contribution in [3.63, 3.8) is 0 Å². The molecule has 170 valence electrons. The van der Waals surface area contributed by atoms with Crippen LogP contribution in [0.1, 0.15) is 35.2 Å². The maximum absolute atomic E-state index is 13.6. The quantitative estimate of drug-likeness (QED) is 0.535. The Morgan fingerprint density at radius 1 is 1.06 bits per heavy atom. The number of rotatable bonds is 7. The lowest BCUT2D eigenvalue weighted by Gasteiger charge is -2.35. The van der Waals surface area contributed by atoms with Crippen molar-refractivity contribution in [3.05, 3.63) is 69.3 Å². The van der Waals surface area contributed by atoms with Crippen molar-refractivity contribution >= 4 is 29.1 Å². The number of likely N-dealkylation sites (N-methyl/N-ethyl adjacent to an activating group) is 1. The fourth-order valence-electron chi connectivity index (χ4n) is 4.71. The molecule has 2 bridgehead atoms. The molecule has 0 aromatic heterocycles. The summed E-state index contributed by atoms with van der Waals surface area (Å²) in [6, 6.07) is 11.7. The first-order valence-electron chi connectivity index (χ1n) is 10.8. The van der Waals surface area contributed by atoms with Crippen molar-refractivity contribution in [3.8, 4) is 11.5 Å². The van der Waals surface area contributed by atoms with E-state index in [0.29, 0.717) is 52.2 Å². The summed E-state index contributed by atoms with van der Waals surface area (Å²) in [5.41, 5.74) is 2.65. The van der Waals surface area contributed by atoms with Gasteiger partial charge in [-0.3, -0.25) is 9.69 Å². The van der Waals surface area contributed by atoms with Crippen LogP contribution in [0.3, 0.4) is 0 Å². The van der Waals surface area contributed by atoms with E-state index in [4.69, 9.17) is 32.7 Å². The van der Waals surface area contributed by atoms with Gasteiger partial charge in [0.05, 0.1) is 14.2 Å². The van der Waals surface area contributed by atoms with Crippen molar-refractivity contribution in [2.45, 2.75) is 37.8 Å². The van der Waals surface area contributed by atoms with Crippen LogP contribution in [0, 0.1) is 0 Å². The fourth-order valence-corrected chi connectivity index (χ4v) is 5.23. The van der Waals surface area contributed by atoms with Crippen molar-refractivity contribution in [2.24, 2.45) is 0 Å². The maximum atomic E-state index is 13.6. The Hall–Kier alpha value is -2.21. The number of halogens is 2. The lowest BCUT2D eigenvalue weighted by molar-refractivity contribution is 0.0787. The van der Waals surface area contributed by atoms with E-state index in [9.17, 15) is 4.79 Å². The Balaban J connectivity index is 1.62. The van der Waals surface area contributed by atoms with Crippen LogP contribution in [0.5, 0.6) is 11.5 Å². The Labute approximate surface area is 199 Å². The van der Waals surface area contributed by atoms with Gasteiger partial charge in [0.1, 0.15) is 0 Å². The van der Waals surface area contributed by atoms with Crippen LogP contribution in [0.25, 0.3) is 0 Å². The third-order valence-electron chi connectivity index (χ3n) is 6.50. The summed E-state index contributed by atoms with van der Waals surface area (Å²) in [4.78, 5) is 17.9. The Morgan fingerprint density at radius 2 is 1.78 bits per heavy atom. The van der Waals surface area contributed by atoms with E-state index in [1.165, 1.54) is 0 Å². The monoisotopic (exact) mass is 474 g/mol. The van der Waals surface area contributed by atoms with Gasteiger partial charge < -0.3 is 14.4 Å². The number of carbonyl (C=O) groups excluding carboxylic acids is 1. The molecule has 2 aromatic rings. The van der Waals surface area contributed by atoms with Crippen LogP contribution in [-0.4, -0.2) is 55.6 Å². The second kappa shape index (κ2) is 9.74. The molecule has 2 heterocycles. The first kappa shape index (κ1) is 23.0. The highest BCUT2D eigenvalue weighted by atomic mass is 35.5. The second-order valence-corrected chi connectivity index (χ2v) is 9.25. The number of amides is 1. The molecule has 7 heteroatoms. The van der Waals surface area contributed by atoms with E-state index < -0.39 is 0 Å². The van der Waals surface area contributed by atoms with E-state index in [1.54, 1.807) is 32.4 Å². The predicted molar refractivity (Wildman–Crippen MR) is 128 cm³/mol. The first-order valence-corrected chi connectivity index (χ1v) is 11.6. The zero-order valence-electron chi connectivity index (χ0n) is 18.6. The van der Waals surface area contributed by atoms with Crippen molar-refractivity contribution < 1.29 is 14.3 Å². The summed E-state index contributed by atoms with van der Waals surface area (Å²) < 4.78 is 10.8. The summed E-state index contributed by atoms with van der Waals surface area (Å²) in [7, 11) is 5.41. The predicted octanol–water partition coefficient (Wildman–Crippen LogP) is 5.45. The zero-order valence-corrected chi connectivity index (χ0v) is 20.1. The summed E-state index contributed by atoms with van der Waals surface area (Å²) >= 11 is 12.4. The molecule has 1 amide bonds. The van der Waals surface area contributed by atoms with Gasteiger partial charge in [0.2, 0.25) is 0 Å². The molecule has 2 atom stereocenters. The van der Waals surface area contributed by atoms with Crippen LogP contribution in [0.2, 0.25) is 10.0 Å². The zero-order chi connectivity index (χ0) is 22.8. The van der Waals surface area contributed by atoms with Crippen LogP contribution >= 0.6 is 23.2 Å². The third-order valence-corrected chi connectivity index (χ3v) is 6.93. The Morgan fingerprint density at radius 3 is 2.44 bits per heavy atom. The Kier molecular flexibility index (Phi) is 6.99. The summed E-state index contributed by atoms with van der Waals surface area (Å²) in [6.45, 7) is 0.549. The Bertz CT molecular complexity index is 1020. The highest BCUT2D eigenvalue weighted by Gasteiger charge is 2.36. The number of hydrogen-bond donors (Lipinski definition) is 0. The van der Waals surface area contributed by atoms with Gasteiger partial charge in [0, 0.05) is 46.4 Å². The number of hydrogen-bond acceptors (Lipinski definition) is 4. The van der Waals surface area contributed by atoms with Gasteiger partial charge in [-0.2, -0.15) is 0 Å². The molecule has 0 unspecified atom stereocenters. The maximum Gasteiger partial charge on any atom is 0.258 e. The third kappa shape index (κ3) is 4.75. The fraction of sp³-hybridized carbons (Fsp3) is 0.400. The van der Waals surface area contributed by atoms with Gasteiger partial charge in [-0.05, 0) is 68.3 Å². The van der Waals surface area contributed by atoms with E-state index in [-0.39, 0.29) is 5.91 Å². The van der Waals surface area contributed by atoms with Crippen molar-refractivity contribution in [2.75, 3.05) is 27.8 Å². The van der Waals surface area contributed by atoms with E-state index in [1.807, 2.05) is 23.1 Å². The van der Waals surface area contributed by atoms with Crippen molar-refractivity contribution in [1.82, 2.24) is 9.80 Å². The van der Waals surface area contributed by atoms with Gasteiger partial charge >= 0.3 is 0 Å². The van der Waals surface area contributed by atoms with Gasteiger partial charge in [0.25, 0.3) is 5.91 Å². The molecule has 32 heavy (non-hydrogen) atoms. The van der Waals surface area contributed by atoms with Crippen molar-refractivity contribution in [1.29, 1.82) is 0 Å². The largest absolute Gasteiger partial charge is 0.493 e. The van der Waals surface area contributed by atoms with E-state index >= 15 is 0 Å².